The molecule has 38 heavy (non-hydrogen) atoms. The third-order valence-corrected chi connectivity index (χ3v) is 7.63. The Kier molecular flexibility index (Phi) is 7.83. The molecule has 1 saturated carbocycles. The van der Waals surface area contributed by atoms with E-state index in [-0.39, 0.29) is 19.0 Å². The van der Waals surface area contributed by atoms with Gasteiger partial charge in [0.1, 0.15) is 22.8 Å². The SMILES string of the molecule is Cc1c(-c2cc(OC(CO)c3ccc(F)cn3)c3c(Cl)cnn3c2)nnn1[C@H]1C[C@@H](N2CCNCC2)C1.Cl. The zero-order valence-corrected chi connectivity index (χ0v) is 22.4. The van der Waals surface area contributed by atoms with Crippen LogP contribution in [-0.4, -0.2) is 78.4 Å². The first-order valence-electron chi connectivity index (χ1n) is 12.4. The molecule has 1 unspecified atom stereocenters. The molecule has 2 N–H and O–H groups in total. The number of fused-ring (bicyclic) bond motifs is 1. The Morgan fingerprint density at radius 2 is 2.00 bits per heavy atom. The van der Waals surface area contributed by atoms with Gasteiger partial charge in [-0.05, 0) is 38.0 Å². The van der Waals surface area contributed by atoms with Gasteiger partial charge in [-0.3, -0.25) is 9.88 Å². The van der Waals surface area contributed by atoms with Gasteiger partial charge < -0.3 is 15.2 Å². The van der Waals surface area contributed by atoms with Gasteiger partial charge in [-0.25, -0.2) is 13.6 Å². The van der Waals surface area contributed by atoms with Gasteiger partial charge >= 0.3 is 0 Å². The van der Waals surface area contributed by atoms with Crippen LogP contribution in [0, 0.1) is 12.7 Å². The topological polar surface area (TPSA) is 106 Å². The number of rotatable bonds is 7. The van der Waals surface area contributed by atoms with Crippen molar-refractivity contribution in [2.75, 3.05) is 32.8 Å². The standard InChI is InChI=1S/C25H28ClFN8O2.ClH/c1-15-24(31-32-35(15)19-9-18(10-19)33-6-4-28-5-7-33)16-8-22(25-20(26)12-30-34(25)13-16)37-23(14-36)21-3-2-17(27)11-29-21;/h2-3,8,11-13,18-19,23,28,36H,4-7,9-10,14H2,1H3;1H/t18-,19+,23?;. The fourth-order valence-corrected chi connectivity index (χ4v) is 5.47. The van der Waals surface area contributed by atoms with Gasteiger partial charge in [-0.1, -0.05) is 16.8 Å². The number of halogens is 3. The molecule has 2 fully saturated rings. The lowest BCUT2D eigenvalue weighted by atomic mass is 9.85. The Hall–Kier alpha value is -2.83. The van der Waals surface area contributed by atoms with Crippen molar-refractivity contribution in [1.82, 2.24) is 39.8 Å². The van der Waals surface area contributed by atoms with Gasteiger partial charge in [0, 0.05) is 44.0 Å². The highest BCUT2D eigenvalue weighted by atomic mass is 35.5. The van der Waals surface area contributed by atoms with Crippen LogP contribution in [0.25, 0.3) is 16.8 Å². The Labute approximate surface area is 230 Å². The van der Waals surface area contributed by atoms with E-state index in [1.807, 2.05) is 23.9 Å². The van der Waals surface area contributed by atoms with Gasteiger partial charge in [0.25, 0.3) is 0 Å². The Morgan fingerprint density at radius 3 is 2.71 bits per heavy atom. The molecule has 0 bridgehead atoms. The first-order valence-corrected chi connectivity index (χ1v) is 12.8. The summed E-state index contributed by atoms with van der Waals surface area (Å²) in [6, 6.07) is 5.50. The highest BCUT2D eigenvalue weighted by Crippen LogP contribution is 2.39. The largest absolute Gasteiger partial charge is 0.479 e. The number of pyridine rings is 2. The van der Waals surface area contributed by atoms with Gasteiger partial charge in [0.2, 0.25) is 0 Å². The summed E-state index contributed by atoms with van der Waals surface area (Å²) < 4.78 is 23.2. The molecule has 10 nitrogen and oxygen atoms in total. The maximum atomic E-state index is 13.4. The second-order valence-corrected chi connectivity index (χ2v) is 10.0. The maximum absolute atomic E-state index is 13.4. The van der Waals surface area contributed by atoms with Crippen molar-refractivity contribution in [3.8, 4) is 17.0 Å². The van der Waals surface area contributed by atoms with E-state index in [4.69, 9.17) is 16.3 Å². The van der Waals surface area contributed by atoms with Crippen molar-refractivity contribution in [2.24, 2.45) is 0 Å². The predicted octanol–water partition coefficient (Wildman–Crippen LogP) is 3.23. The third kappa shape index (κ3) is 4.96. The number of ether oxygens (including phenoxy) is 1. The highest BCUT2D eigenvalue weighted by molar-refractivity contribution is 6.34. The van der Waals surface area contributed by atoms with Crippen LogP contribution in [0.15, 0.2) is 36.8 Å². The molecular weight excluding hydrogens is 534 g/mol. The van der Waals surface area contributed by atoms with E-state index in [0.717, 1.165) is 62.2 Å². The van der Waals surface area contributed by atoms with E-state index in [1.165, 1.54) is 18.3 Å². The molecule has 5 heterocycles. The van der Waals surface area contributed by atoms with E-state index >= 15 is 0 Å². The predicted molar refractivity (Wildman–Crippen MR) is 142 cm³/mol. The lowest BCUT2D eigenvalue weighted by Gasteiger charge is -2.44. The summed E-state index contributed by atoms with van der Waals surface area (Å²) in [6.45, 7) is 5.95. The maximum Gasteiger partial charge on any atom is 0.163 e. The monoisotopic (exact) mass is 562 g/mol. The Morgan fingerprint density at radius 1 is 1.21 bits per heavy atom. The summed E-state index contributed by atoms with van der Waals surface area (Å²) in [5, 5.41) is 27.2. The van der Waals surface area contributed by atoms with E-state index in [2.05, 4.69) is 30.6 Å². The molecule has 13 heteroatoms. The molecule has 1 saturated heterocycles. The minimum absolute atomic E-state index is 0. The molecule has 4 aromatic heterocycles. The lowest BCUT2D eigenvalue weighted by Crippen LogP contribution is -2.53. The van der Waals surface area contributed by atoms with E-state index in [0.29, 0.717) is 34.1 Å². The zero-order valence-electron chi connectivity index (χ0n) is 20.8. The second-order valence-electron chi connectivity index (χ2n) is 9.60. The first kappa shape index (κ1) is 26.8. The molecule has 0 aromatic carbocycles. The number of piperazine rings is 1. The van der Waals surface area contributed by atoms with Crippen molar-refractivity contribution in [2.45, 2.75) is 38.0 Å². The summed E-state index contributed by atoms with van der Waals surface area (Å²) in [5.74, 6) is -0.0607. The van der Waals surface area contributed by atoms with Crippen LogP contribution in [0.2, 0.25) is 5.02 Å². The van der Waals surface area contributed by atoms with Gasteiger partial charge in [0.05, 0.1) is 41.5 Å². The molecule has 1 atom stereocenters. The number of aliphatic hydroxyl groups excluding tert-OH is 1. The van der Waals surface area contributed by atoms with Crippen LogP contribution in [0.1, 0.15) is 36.4 Å². The lowest BCUT2D eigenvalue weighted by molar-refractivity contribution is 0.0658. The molecule has 4 aromatic rings. The van der Waals surface area contributed by atoms with E-state index in [9.17, 15) is 9.50 Å². The zero-order chi connectivity index (χ0) is 25.5. The van der Waals surface area contributed by atoms with Crippen molar-refractivity contribution in [3.63, 3.8) is 0 Å². The quantitative estimate of drug-likeness (QED) is 0.353. The van der Waals surface area contributed by atoms with E-state index in [1.54, 1.807) is 4.52 Å². The molecule has 202 valence electrons. The fraction of sp³-hybridized carbons (Fsp3) is 0.440. The molecule has 0 spiro atoms. The molecular formula is C25H29Cl2FN8O2. The minimum Gasteiger partial charge on any atom is -0.479 e. The van der Waals surface area contributed by atoms with Gasteiger partial charge in [-0.2, -0.15) is 5.10 Å². The molecule has 6 rings (SSSR count). The summed E-state index contributed by atoms with van der Waals surface area (Å²) in [5.41, 5.74) is 3.39. The van der Waals surface area contributed by atoms with Gasteiger partial charge in [0.15, 0.2) is 6.10 Å². The first-order chi connectivity index (χ1) is 18.0. The van der Waals surface area contributed by atoms with Crippen LogP contribution in [0.4, 0.5) is 4.39 Å². The second kappa shape index (κ2) is 11.1. The molecule has 1 aliphatic carbocycles. The number of hydrogen-bond acceptors (Lipinski definition) is 8. The molecule has 0 amide bonds. The third-order valence-electron chi connectivity index (χ3n) is 7.35. The Bertz CT molecular complexity index is 1400. The summed E-state index contributed by atoms with van der Waals surface area (Å²) in [7, 11) is 0. The number of aliphatic hydroxyl groups is 1. The summed E-state index contributed by atoms with van der Waals surface area (Å²) in [6.07, 6.45) is 5.77. The number of nitrogens with one attached hydrogen (secondary N) is 1. The van der Waals surface area contributed by atoms with Crippen LogP contribution in [0.3, 0.4) is 0 Å². The van der Waals surface area contributed by atoms with Crippen molar-refractivity contribution in [1.29, 1.82) is 0 Å². The number of nitrogens with zero attached hydrogens (tertiary/aromatic N) is 7. The average Bonchev–Trinajstić information content (AvgIpc) is 3.45. The molecule has 2 aliphatic rings. The van der Waals surface area contributed by atoms with Crippen molar-refractivity contribution >= 4 is 29.5 Å². The van der Waals surface area contributed by atoms with Crippen molar-refractivity contribution < 1.29 is 14.2 Å². The van der Waals surface area contributed by atoms with Gasteiger partial charge in [-0.15, -0.1) is 17.5 Å². The Balaban J connectivity index is 0.00000294. The summed E-state index contributed by atoms with van der Waals surface area (Å²) >= 11 is 6.42. The fourth-order valence-electron chi connectivity index (χ4n) is 5.25. The summed E-state index contributed by atoms with van der Waals surface area (Å²) in [4.78, 5) is 6.62. The number of hydrogen-bond donors (Lipinski definition) is 2. The van der Waals surface area contributed by atoms with Crippen LogP contribution < -0.4 is 10.1 Å². The van der Waals surface area contributed by atoms with Crippen LogP contribution in [-0.2, 0) is 0 Å². The van der Waals surface area contributed by atoms with Crippen LogP contribution >= 0.6 is 24.0 Å². The van der Waals surface area contributed by atoms with Crippen molar-refractivity contribution in [3.05, 3.63) is 59.0 Å². The number of aromatic nitrogens is 6. The highest BCUT2D eigenvalue weighted by Gasteiger charge is 2.37. The molecule has 0 radical (unpaired) electrons. The van der Waals surface area contributed by atoms with Crippen LogP contribution in [0.5, 0.6) is 5.75 Å². The normalized spacial score (nSPS) is 20.6. The molecule has 1 aliphatic heterocycles. The minimum atomic E-state index is -0.820. The smallest absolute Gasteiger partial charge is 0.163 e. The average molecular weight is 563 g/mol. The van der Waals surface area contributed by atoms with E-state index < -0.39 is 11.9 Å².